The van der Waals surface area contributed by atoms with Crippen molar-refractivity contribution in [1.82, 2.24) is 9.97 Å². The highest BCUT2D eigenvalue weighted by molar-refractivity contribution is 5.95. The summed E-state index contributed by atoms with van der Waals surface area (Å²) >= 11 is 0. The molecule has 1 atom stereocenters. The maximum absolute atomic E-state index is 13.3. The van der Waals surface area contributed by atoms with E-state index in [9.17, 15) is 18.0 Å². The number of hydrogen-bond acceptors (Lipinski definition) is 5. The smallest absolute Gasteiger partial charge is 0.418 e. The van der Waals surface area contributed by atoms with Crippen LogP contribution in [0.25, 0.3) is 11.1 Å². The Kier molecular flexibility index (Phi) is 5.36. The number of aromatic nitrogens is 2. The van der Waals surface area contributed by atoms with E-state index in [0.717, 1.165) is 29.2 Å². The number of benzene rings is 1. The summed E-state index contributed by atoms with van der Waals surface area (Å²) in [6.07, 6.45) is -3.23. The van der Waals surface area contributed by atoms with Gasteiger partial charge < -0.3 is 14.6 Å². The molecule has 6 nitrogen and oxygen atoms in total. The lowest BCUT2D eigenvalue weighted by Crippen LogP contribution is -2.41. The maximum atomic E-state index is 13.3. The van der Waals surface area contributed by atoms with E-state index in [0.29, 0.717) is 36.9 Å². The summed E-state index contributed by atoms with van der Waals surface area (Å²) in [6.45, 7) is 6.62. The fourth-order valence-corrected chi connectivity index (χ4v) is 4.02. The van der Waals surface area contributed by atoms with Crippen molar-refractivity contribution in [3.05, 3.63) is 47.0 Å². The lowest BCUT2D eigenvalue weighted by Gasteiger charge is -2.33. The molecule has 0 saturated carbocycles. The predicted octanol–water partition coefficient (Wildman–Crippen LogP) is 5.02. The number of nitrogens with one attached hydrogen (secondary N) is 1. The third-order valence-corrected chi connectivity index (χ3v) is 5.70. The molecule has 2 aromatic heterocycles. The Balaban J connectivity index is 1.59. The van der Waals surface area contributed by atoms with Crippen molar-refractivity contribution in [2.24, 2.45) is 5.92 Å². The van der Waals surface area contributed by atoms with E-state index in [-0.39, 0.29) is 5.69 Å². The van der Waals surface area contributed by atoms with Gasteiger partial charge in [-0.1, -0.05) is 12.1 Å². The molecule has 3 heterocycles. The van der Waals surface area contributed by atoms with Crippen LogP contribution in [0.2, 0.25) is 0 Å². The van der Waals surface area contributed by atoms with Crippen LogP contribution in [0.15, 0.2) is 28.7 Å². The lowest BCUT2D eigenvalue weighted by atomic mass is 9.96. The van der Waals surface area contributed by atoms with Crippen LogP contribution in [0.4, 0.5) is 24.7 Å². The number of carbonyl (C=O) groups excluding carboxylic acids is 1. The van der Waals surface area contributed by atoms with E-state index in [2.05, 4.69) is 15.3 Å². The fourth-order valence-electron chi connectivity index (χ4n) is 4.02. The molecule has 1 unspecified atom stereocenters. The largest absolute Gasteiger partial charge is 0.443 e. The average Bonchev–Trinajstić information content (AvgIpc) is 3.00. The van der Waals surface area contributed by atoms with Gasteiger partial charge in [0.1, 0.15) is 17.4 Å². The minimum absolute atomic E-state index is 0.223. The number of para-hydroxylation sites is 1. The Bertz CT molecular complexity index is 1140. The second-order valence-corrected chi connectivity index (χ2v) is 7.88. The van der Waals surface area contributed by atoms with E-state index < -0.39 is 23.6 Å². The van der Waals surface area contributed by atoms with Crippen LogP contribution in [0.1, 0.15) is 35.6 Å². The minimum Gasteiger partial charge on any atom is -0.443 e. The zero-order valence-corrected chi connectivity index (χ0v) is 17.5. The van der Waals surface area contributed by atoms with Gasteiger partial charge in [-0.2, -0.15) is 18.2 Å². The first kappa shape index (κ1) is 21.1. The number of aryl methyl sites for hydroxylation is 3. The van der Waals surface area contributed by atoms with Crippen LogP contribution in [-0.2, 0) is 11.0 Å². The number of alkyl halides is 3. The summed E-state index contributed by atoms with van der Waals surface area (Å²) < 4.78 is 45.5. The highest BCUT2D eigenvalue weighted by atomic mass is 19.4. The van der Waals surface area contributed by atoms with E-state index in [4.69, 9.17) is 4.42 Å². The standard InChI is InChI=1S/C22H23F3N4O2/c1-12-13(2)31-21-18(12)19(26-14(3)27-21)29-10-6-7-15(11-29)20(30)28-17-9-5-4-8-16(17)22(23,24)25/h4-5,8-9,15H,6-7,10-11H2,1-3H3,(H,28,30). The summed E-state index contributed by atoms with van der Waals surface area (Å²) in [5.74, 6) is 1.12. The van der Waals surface area contributed by atoms with Gasteiger partial charge in [0.2, 0.25) is 11.6 Å². The molecule has 1 aliphatic rings. The van der Waals surface area contributed by atoms with Gasteiger partial charge >= 0.3 is 6.18 Å². The Morgan fingerprint density at radius 1 is 1.19 bits per heavy atom. The molecule has 1 amide bonds. The van der Waals surface area contributed by atoms with Gasteiger partial charge in [0.25, 0.3) is 0 Å². The number of piperidine rings is 1. The number of anilines is 2. The van der Waals surface area contributed by atoms with Crippen LogP contribution in [0.5, 0.6) is 0 Å². The van der Waals surface area contributed by atoms with Crippen molar-refractivity contribution in [3.63, 3.8) is 0 Å². The molecule has 164 valence electrons. The highest BCUT2D eigenvalue weighted by Gasteiger charge is 2.35. The van der Waals surface area contributed by atoms with Crippen LogP contribution in [-0.4, -0.2) is 29.0 Å². The Morgan fingerprint density at radius 2 is 1.94 bits per heavy atom. The van der Waals surface area contributed by atoms with Gasteiger partial charge in [-0.25, -0.2) is 4.98 Å². The van der Waals surface area contributed by atoms with Gasteiger partial charge in [0.05, 0.1) is 22.6 Å². The molecule has 4 rings (SSSR count). The molecular weight excluding hydrogens is 409 g/mol. The van der Waals surface area contributed by atoms with Crippen molar-refractivity contribution in [2.75, 3.05) is 23.3 Å². The van der Waals surface area contributed by atoms with Gasteiger partial charge in [0, 0.05) is 18.7 Å². The number of halogens is 3. The van der Waals surface area contributed by atoms with E-state index in [1.54, 1.807) is 6.92 Å². The molecule has 1 aliphatic heterocycles. The monoisotopic (exact) mass is 432 g/mol. The molecule has 0 radical (unpaired) electrons. The second kappa shape index (κ2) is 7.86. The first-order valence-electron chi connectivity index (χ1n) is 10.1. The first-order chi connectivity index (χ1) is 14.6. The molecule has 0 aliphatic carbocycles. The zero-order valence-electron chi connectivity index (χ0n) is 17.5. The van der Waals surface area contributed by atoms with Gasteiger partial charge in [-0.15, -0.1) is 0 Å². The minimum atomic E-state index is -4.54. The summed E-state index contributed by atoms with van der Waals surface area (Å²) in [6, 6.07) is 5.02. The molecule has 3 aromatic rings. The van der Waals surface area contributed by atoms with Crippen LogP contribution in [0.3, 0.4) is 0 Å². The van der Waals surface area contributed by atoms with Crippen LogP contribution >= 0.6 is 0 Å². The number of furan rings is 1. The third kappa shape index (κ3) is 4.08. The van der Waals surface area contributed by atoms with Crippen molar-refractivity contribution in [2.45, 2.75) is 39.8 Å². The summed E-state index contributed by atoms with van der Waals surface area (Å²) in [4.78, 5) is 23.8. The molecule has 1 aromatic carbocycles. The third-order valence-electron chi connectivity index (χ3n) is 5.70. The van der Waals surface area contributed by atoms with Crippen LogP contribution in [0, 0.1) is 26.7 Å². The quantitative estimate of drug-likeness (QED) is 0.629. The number of hydrogen-bond donors (Lipinski definition) is 1. The number of rotatable bonds is 3. The zero-order chi connectivity index (χ0) is 22.3. The normalized spacial score (nSPS) is 17.2. The Hall–Kier alpha value is -3.10. The fraction of sp³-hybridized carbons (Fsp3) is 0.409. The lowest BCUT2D eigenvalue weighted by molar-refractivity contribution is -0.137. The number of carbonyl (C=O) groups is 1. The summed E-state index contributed by atoms with van der Waals surface area (Å²) in [5, 5.41) is 3.30. The molecule has 1 N–H and O–H groups in total. The van der Waals surface area contributed by atoms with E-state index >= 15 is 0 Å². The topological polar surface area (TPSA) is 71.3 Å². The molecule has 31 heavy (non-hydrogen) atoms. The van der Waals surface area contributed by atoms with E-state index in [1.165, 1.54) is 18.2 Å². The summed E-state index contributed by atoms with van der Waals surface area (Å²) in [5.41, 5.74) is 0.367. The molecule has 1 saturated heterocycles. The van der Waals surface area contributed by atoms with Gasteiger partial charge in [-0.3, -0.25) is 4.79 Å². The average molecular weight is 432 g/mol. The van der Waals surface area contributed by atoms with Gasteiger partial charge in [-0.05, 0) is 45.7 Å². The van der Waals surface area contributed by atoms with Crippen molar-refractivity contribution < 1.29 is 22.4 Å². The SMILES string of the molecule is Cc1nc(N2CCCC(C(=O)Nc3ccccc3C(F)(F)F)C2)c2c(C)c(C)oc2n1. The number of amides is 1. The van der Waals surface area contributed by atoms with Crippen LogP contribution < -0.4 is 10.2 Å². The van der Waals surface area contributed by atoms with E-state index in [1.807, 2.05) is 18.7 Å². The molecule has 0 bridgehead atoms. The number of nitrogens with zero attached hydrogens (tertiary/aromatic N) is 3. The Labute approximate surface area is 177 Å². The molecule has 1 fully saturated rings. The molecule has 0 spiro atoms. The van der Waals surface area contributed by atoms with Crippen molar-refractivity contribution in [1.29, 1.82) is 0 Å². The first-order valence-corrected chi connectivity index (χ1v) is 10.1. The highest BCUT2D eigenvalue weighted by Crippen LogP contribution is 2.36. The van der Waals surface area contributed by atoms with Crippen molar-refractivity contribution >= 4 is 28.5 Å². The van der Waals surface area contributed by atoms with Gasteiger partial charge in [0.15, 0.2) is 0 Å². The molecular formula is C22H23F3N4O2. The predicted molar refractivity (Wildman–Crippen MR) is 111 cm³/mol. The maximum Gasteiger partial charge on any atom is 0.418 e. The summed E-state index contributed by atoms with van der Waals surface area (Å²) in [7, 11) is 0. The van der Waals surface area contributed by atoms with Crippen molar-refractivity contribution in [3.8, 4) is 0 Å². The second-order valence-electron chi connectivity index (χ2n) is 7.88. The molecule has 9 heteroatoms. The Morgan fingerprint density at radius 3 is 2.68 bits per heavy atom. The number of fused-ring (bicyclic) bond motifs is 1.